The maximum absolute atomic E-state index is 6.58. The summed E-state index contributed by atoms with van der Waals surface area (Å²) in [5.41, 5.74) is 13.8. The second-order valence-corrected chi connectivity index (χ2v) is 17.8. The first-order valence-corrected chi connectivity index (χ1v) is 20.9. The summed E-state index contributed by atoms with van der Waals surface area (Å²) in [7, 11) is 0. The van der Waals surface area contributed by atoms with Crippen molar-refractivity contribution in [3.05, 3.63) is 180 Å². The smallest absolute Gasteiger partial charge is 0.164 e. The molecule has 8 aromatic rings. The Morgan fingerprint density at radius 2 is 1.24 bits per heavy atom. The van der Waals surface area contributed by atoms with Gasteiger partial charge in [0.1, 0.15) is 11.2 Å². The van der Waals surface area contributed by atoms with Crippen molar-refractivity contribution in [2.75, 3.05) is 0 Å². The van der Waals surface area contributed by atoms with Gasteiger partial charge in [-0.3, -0.25) is 0 Å². The lowest BCUT2D eigenvalue weighted by Crippen LogP contribution is -2.33. The number of hydrogen-bond donors (Lipinski definition) is 0. The minimum Gasteiger partial charge on any atom is -0.456 e. The van der Waals surface area contributed by atoms with E-state index in [-0.39, 0.29) is 10.8 Å². The fourth-order valence-corrected chi connectivity index (χ4v) is 9.69. The average Bonchev–Trinajstić information content (AvgIpc) is 3.66. The fraction of sp³-hybridized carbons (Fsp3) is 0.182. The highest BCUT2D eigenvalue weighted by Crippen LogP contribution is 2.47. The lowest BCUT2D eigenvalue weighted by atomic mass is 9.63. The van der Waals surface area contributed by atoms with Crippen molar-refractivity contribution in [2.24, 2.45) is 5.92 Å². The van der Waals surface area contributed by atoms with Crippen molar-refractivity contribution in [1.82, 2.24) is 15.0 Å². The van der Waals surface area contributed by atoms with E-state index in [1.165, 1.54) is 51.8 Å². The molecule has 0 amide bonds. The molecule has 0 radical (unpaired) electrons. The van der Waals surface area contributed by atoms with Gasteiger partial charge in [0, 0.05) is 33.4 Å². The zero-order valence-corrected chi connectivity index (χ0v) is 34.0. The van der Waals surface area contributed by atoms with Crippen LogP contribution >= 0.6 is 0 Å². The maximum Gasteiger partial charge on any atom is 0.164 e. The van der Waals surface area contributed by atoms with E-state index in [9.17, 15) is 0 Å². The van der Waals surface area contributed by atoms with Gasteiger partial charge in [-0.15, -0.1) is 0 Å². The molecule has 0 spiro atoms. The van der Waals surface area contributed by atoms with Crippen LogP contribution in [0.4, 0.5) is 0 Å². The zero-order valence-electron chi connectivity index (χ0n) is 34.0. The van der Waals surface area contributed by atoms with Crippen LogP contribution in [0.3, 0.4) is 0 Å². The summed E-state index contributed by atoms with van der Waals surface area (Å²) < 4.78 is 6.58. The third-order valence-electron chi connectivity index (χ3n) is 13.2. The van der Waals surface area contributed by atoms with E-state index >= 15 is 0 Å². The molecule has 4 nitrogen and oxygen atoms in total. The Morgan fingerprint density at radius 1 is 0.542 bits per heavy atom. The van der Waals surface area contributed by atoms with Gasteiger partial charge in [0.25, 0.3) is 0 Å². The Morgan fingerprint density at radius 3 is 2.07 bits per heavy atom. The van der Waals surface area contributed by atoms with Gasteiger partial charge in [-0.05, 0) is 110 Å². The number of hydrogen-bond acceptors (Lipinski definition) is 4. The van der Waals surface area contributed by atoms with Gasteiger partial charge in [-0.1, -0.05) is 155 Å². The summed E-state index contributed by atoms with van der Waals surface area (Å²) in [5, 5.41) is 4.31. The van der Waals surface area contributed by atoms with Crippen molar-refractivity contribution >= 4 is 38.3 Å². The monoisotopic (exact) mass is 763 g/mol. The highest BCUT2D eigenvalue weighted by molar-refractivity contribution is 6.13. The van der Waals surface area contributed by atoms with Crippen molar-refractivity contribution in [2.45, 2.75) is 57.8 Å². The number of furan rings is 1. The molecular formula is C55H45N3O. The normalized spacial score (nSPS) is 17.8. The van der Waals surface area contributed by atoms with Crippen molar-refractivity contribution in [3.8, 4) is 45.0 Å². The Labute approximate surface area is 345 Å². The summed E-state index contributed by atoms with van der Waals surface area (Å²) >= 11 is 0. The second kappa shape index (κ2) is 13.5. The van der Waals surface area contributed by atoms with Gasteiger partial charge in [-0.25, -0.2) is 15.0 Å². The summed E-state index contributed by atoms with van der Waals surface area (Å²) in [6, 6.07) is 43.5. The van der Waals surface area contributed by atoms with E-state index in [0.717, 1.165) is 55.8 Å². The van der Waals surface area contributed by atoms with Crippen molar-refractivity contribution < 1.29 is 4.42 Å². The largest absolute Gasteiger partial charge is 0.456 e. The van der Waals surface area contributed by atoms with Gasteiger partial charge < -0.3 is 4.42 Å². The van der Waals surface area contributed by atoms with Gasteiger partial charge in [0.15, 0.2) is 17.5 Å². The topological polar surface area (TPSA) is 51.8 Å². The molecule has 4 heteroatoms. The summed E-state index contributed by atoms with van der Waals surface area (Å²) in [4.78, 5) is 16.0. The molecule has 1 unspecified atom stereocenters. The maximum atomic E-state index is 6.58. The quantitative estimate of drug-likeness (QED) is 0.175. The third kappa shape index (κ3) is 6.00. The molecule has 286 valence electrons. The van der Waals surface area contributed by atoms with Gasteiger partial charge in [0.05, 0.1) is 0 Å². The van der Waals surface area contributed by atoms with Crippen LogP contribution in [0.1, 0.15) is 63.9 Å². The predicted octanol–water partition coefficient (Wildman–Crippen LogP) is 14.4. The first-order chi connectivity index (χ1) is 28.7. The first kappa shape index (κ1) is 35.5. The van der Waals surface area contributed by atoms with E-state index < -0.39 is 0 Å². The molecule has 3 aliphatic carbocycles. The predicted molar refractivity (Wildman–Crippen MR) is 244 cm³/mol. The number of benzene rings is 6. The molecule has 1 atom stereocenters. The van der Waals surface area contributed by atoms with Gasteiger partial charge in [0.2, 0.25) is 0 Å². The SMILES string of the molecule is CC1(C)CCC(C)(C)c2cc(-c3ccc4oc5cccc(-c6nc(C7=CCC8C=CC=CC8=C7)nc(-c7ccc(-c8ccccc8)c8ccccc78)n6)c5c4c3)ccc21. The van der Waals surface area contributed by atoms with E-state index in [0.29, 0.717) is 23.4 Å². The second-order valence-electron chi connectivity index (χ2n) is 17.8. The lowest BCUT2D eigenvalue weighted by Gasteiger charge is -2.42. The molecule has 0 bridgehead atoms. The van der Waals surface area contributed by atoms with Crippen LogP contribution < -0.4 is 0 Å². The summed E-state index contributed by atoms with van der Waals surface area (Å²) in [6.45, 7) is 9.55. The van der Waals surface area contributed by atoms with Gasteiger partial charge in [-0.2, -0.15) is 0 Å². The molecule has 0 N–H and O–H groups in total. The van der Waals surface area contributed by atoms with Crippen LogP contribution in [0.15, 0.2) is 168 Å². The number of fused-ring (bicyclic) bond motifs is 6. The van der Waals surface area contributed by atoms with Gasteiger partial charge >= 0.3 is 0 Å². The zero-order chi connectivity index (χ0) is 39.9. The summed E-state index contributed by atoms with van der Waals surface area (Å²) in [5.74, 6) is 2.30. The van der Waals surface area contributed by atoms with Crippen LogP contribution in [-0.2, 0) is 10.8 Å². The minimum atomic E-state index is 0.121. The molecule has 2 aromatic heterocycles. The van der Waals surface area contributed by atoms with E-state index in [1.54, 1.807) is 0 Å². The molecule has 0 saturated heterocycles. The van der Waals surface area contributed by atoms with Crippen LogP contribution in [0.5, 0.6) is 0 Å². The number of nitrogens with zero attached hydrogens (tertiary/aromatic N) is 3. The molecule has 0 aliphatic heterocycles. The van der Waals surface area contributed by atoms with E-state index in [4.69, 9.17) is 19.4 Å². The molecule has 2 heterocycles. The van der Waals surface area contributed by atoms with Crippen molar-refractivity contribution in [1.29, 1.82) is 0 Å². The molecule has 11 rings (SSSR count). The van der Waals surface area contributed by atoms with E-state index in [2.05, 4.69) is 179 Å². The Hall–Kier alpha value is -6.65. The van der Waals surface area contributed by atoms with Crippen LogP contribution in [-0.4, -0.2) is 15.0 Å². The lowest BCUT2D eigenvalue weighted by molar-refractivity contribution is 0.332. The molecule has 0 saturated carbocycles. The molecule has 6 aromatic carbocycles. The Balaban J connectivity index is 1.11. The number of rotatable bonds is 5. The highest BCUT2D eigenvalue weighted by Gasteiger charge is 2.37. The van der Waals surface area contributed by atoms with Crippen LogP contribution in [0, 0.1) is 5.92 Å². The molecule has 3 aliphatic rings. The number of aromatic nitrogens is 3. The fourth-order valence-electron chi connectivity index (χ4n) is 9.69. The minimum absolute atomic E-state index is 0.121. The highest BCUT2D eigenvalue weighted by atomic mass is 16.3. The molecule has 59 heavy (non-hydrogen) atoms. The first-order valence-electron chi connectivity index (χ1n) is 20.9. The Bertz CT molecular complexity index is 3140. The third-order valence-corrected chi connectivity index (χ3v) is 13.2. The molecule has 0 fully saturated rings. The Kier molecular flexibility index (Phi) is 8.10. The van der Waals surface area contributed by atoms with Crippen molar-refractivity contribution in [3.63, 3.8) is 0 Å². The summed E-state index contributed by atoms with van der Waals surface area (Å²) in [6.07, 6.45) is 16.5. The average molecular weight is 764 g/mol. The number of allylic oxidation sites excluding steroid dienone is 8. The van der Waals surface area contributed by atoms with Crippen LogP contribution in [0.2, 0.25) is 0 Å². The standard InChI is InChI=1S/C55H45N3O/c1-54(2)29-30-55(3,4)47-33-38(23-27-46(47)54)37-24-28-48-45(32-37)50-44(19-12-20-49(50)59-48)53-57-51(39-22-21-34-13-8-9-16-36(34)31-39)56-52(58-53)43-26-25-40(35-14-6-5-7-15-35)41-17-10-11-18-42(41)43/h5-20,22-28,31-34H,21,29-30H2,1-4H3. The molecular weight excluding hydrogens is 719 g/mol. The van der Waals surface area contributed by atoms with E-state index in [1.807, 2.05) is 6.07 Å². The van der Waals surface area contributed by atoms with Crippen LogP contribution in [0.25, 0.3) is 83.3 Å².